The Morgan fingerprint density at radius 3 is 2.65 bits per heavy atom. The second-order valence-electron chi connectivity index (χ2n) is 4.72. The molecule has 3 N–H and O–H groups in total. The minimum absolute atomic E-state index is 0.434. The van der Waals surface area contributed by atoms with Crippen molar-refractivity contribution in [2.75, 3.05) is 0 Å². The molecule has 1 saturated carbocycles. The molecule has 5 nitrogen and oxygen atoms in total. The van der Waals surface area contributed by atoms with Crippen molar-refractivity contribution in [3.05, 3.63) is 29.8 Å². The number of rotatable bonds is 4. The number of hydrogen-bond acceptors (Lipinski definition) is 3. The number of sulfonamides is 1. The van der Waals surface area contributed by atoms with Crippen molar-refractivity contribution in [3.63, 3.8) is 0 Å². The van der Waals surface area contributed by atoms with Gasteiger partial charge in [0.15, 0.2) is 11.6 Å². The molecule has 0 heterocycles. The number of amides is 1. The quantitative estimate of drug-likeness (QED) is 0.866. The highest BCUT2D eigenvalue weighted by atomic mass is 32.2. The molecule has 0 saturated heterocycles. The zero-order valence-corrected chi connectivity index (χ0v) is 11.3. The van der Waals surface area contributed by atoms with Crippen LogP contribution in [0.15, 0.2) is 23.1 Å². The van der Waals surface area contributed by atoms with E-state index in [1.165, 1.54) is 0 Å². The molecule has 0 aromatic heterocycles. The molecular formula is C12H14F2N2O3S. The Labute approximate surface area is 115 Å². The van der Waals surface area contributed by atoms with E-state index in [0.717, 1.165) is 18.2 Å². The van der Waals surface area contributed by atoms with Crippen molar-refractivity contribution in [1.82, 2.24) is 4.72 Å². The van der Waals surface area contributed by atoms with Crippen molar-refractivity contribution in [2.45, 2.75) is 30.2 Å². The molecule has 1 aromatic carbocycles. The first-order chi connectivity index (χ1) is 9.33. The SMILES string of the molecule is NC(=O)[C@@H]1CCC[C@@H]1NS(=O)(=O)c1cccc(F)c1F. The Morgan fingerprint density at radius 1 is 1.30 bits per heavy atom. The molecule has 8 heteroatoms. The van der Waals surface area contributed by atoms with Crippen molar-refractivity contribution in [2.24, 2.45) is 11.7 Å². The van der Waals surface area contributed by atoms with E-state index in [0.29, 0.717) is 19.3 Å². The van der Waals surface area contributed by atoms with E-state index in [1.54, 1.807) is 0 Å². The number of primary amides is 1. The van der Waals surface area contributed by atoms with E-state index in [2.05, 4.69) is 4.72 Å². The molecule has 0 aliphatic heterocycles. The summed E-state index contributed by atoms with van der Waals surface area (Å²) in [5, 5.41) is 0. The summed E-state index contributed by atoms with van der Waals surface area (Å²) >= 11 is 0. The fourth-order valence-electron chi connectivity index (χ4n) is 2.40. The van der Waals surface area contributed by atoms with E-state index in [1.807, 2.05) is 0 Å². The molecule has 1 aliphatic carbocycles. The summed E-state index contributed by atoms with van der Waals surface area (Å²) in [5.74, 6) is -3.91. The van der Waals surface area contributed by atoms with Gasteiger partial charge in [0.05, 0.1) is 5.92 Å². The van der Waals surface area contributed by atoms with Crippen LogP contribution in [0.5, 0.6) is 0 Å². The van der Waals surface area contributed by atoms with Crippen LogP contribution in [0.4, 0.5) is 8.78 Å². The number of halogens is 2. The Balaban J connectivity index is 2.28. The maximum absolute atomic E-state index is 13.5. The van der Waals surface area contributed by atoms with E-state index in [9.17, 15) is 22.0 Å². The summed E-state index contributed by atoms with van der Waals surface area (Å²) in [5.41, 5.74) is 5.19. The van der Waals surface area contributed by atoms with Crippen LogP contribution in [0.1, 0.15) is 19.3 Å². The van der Waals surface area contributed by atoms with Crippen LogP contribution in [0, 0.1) is 17.6 Å². The van der Waals surface area contributed by atoms with Crippen molar-refractivity contribution < 1.29 is 22.0 Å². The second kappa shape index (κ2) is 5.45. The zero-order valence-electron chi connectivity index (χ0n) is 10.5. The van der Waals surface area contributed by atoms with Gasteiger partial charge in [-0.3, -0.25) is 4.79 Å². The molecule has 20 heavy (non-hydrogen) atoms. The van der Waals surface area contributed by atoms with Crippen LogP contribution >= 0.6 is 0 Å². The summed E-state index contributed by atoms with van der Waals surface area (Å²) in [6, 6.07) is 2.22. The second-order valence-corrected chi connectivity index (χ2v) is 6.40. The summed E-state index contributed by atoms with van der Waals surface area (Å²) in [7, 11) is -4.24. The zero-order chi connectivity index (χ0) is 14.9. The van der Waals surface area contributed by atoms with Gasteiger partial charge in [0.2, 0.25) is 15.9 Å². The van der Waals surface area contributed by atoms with Crippen molar-refractivity contribution in [3.8, 4) is 0 Å². The lowest BCUT2D eigenvalue weighted by Gasteiger charge is -2.18. The van der Waals surface area contributed by atoms with Crippen LogP contribution in [0.2, 0.25) is 0 Å². The summed E-state index contributed by atoms with van der Waals surface area (Å²) < 4.78 is 53.0. The highest BCUT2D eigenvalue weighted by Crippen LogP contribution is 2.27. The monoisotopic (exact) mass is 304 g/mol. The first-order valence-electron chi connectivity index (χ1n) is 6.08. The van der Waals surface area contributed by atoms with Crippen molar-refractivity contribution >= 4 is 15.9 Å². The van der Waals surface area contributed by atoms with E-state index in [-0.39, 0.29) is 0 Å². The van der Waals surface area contributed by atoms with Gasteiger partial charge in [-0.15, -0.1) is 0 Å². The van der Waals surface area contributed by atoms with E-state index in [4.69, 9.17) is 5.73 Å². The number of nitrogens with one attached hydrogen (secondary N) is 1. The fraction of sp³-hybridized carbons (Fsp3) is 0.417. The lowest BCUT2D eigenvalue weighted by Crippen LogP contribution is -2.42. The molecule has 0 radical (unpaired) electrons. The lowest BCUT2D eigenvalue weighted by molar-refractivity contribution is -0.122. The van der Waals surface area contributed by atoms with Crippen molar-refractivity contribution in [1.29, 1.82) is 0 Å². The standard InChI is InChI=1S/C12H14F2N2O3S/c13-8-4-2-6-10(11(8)14)20(18,19)16-9-5-1-3-7(9)12(15)17/h2,4,6-7,9,16H,1,3,5H2,(H2,15,17)/t7-,9+/m1/s1. The number of carbonyl (C=O) groups is 1. The third kappa shape index (κ3) is 2.80. The average molecular weight is 304 g/mol. The summed E-state index contributed by atoms with van der Waals surface area (Å²) in [6.07, 6.45) is 1.56. The maximum Gasteiger partial charge on any atom is 0.243 e. The normalized spacial score (nSPS) is 22.9. The molecule has 2 atom stereocenters. The fourth-order valence-corrected chi connectivity index (χ4v) is 3.79. The van der Waals surface area contributed by atoms with Gasteiger partial charge in [-0.25, -0.2) is 21.9 Å². The molecule has 1 aromatic rings. The Morgan fingerprint density at radius 2 is 2.00 bits per heavy atom. The van der Waals surface area contributed by atoms with E-state index >= 15 is 0 Å². The molecular weight excluding hydrogens is 290 g/mol. The molecule has 0 unspecified atom stereocenters. The number of benzene rings is 1. The minimum atomic E-state index is -4.24. The highest BCUT2D eigenvalue weighted by Gasteiger charge is 2.35. The smallest absolute Gasteiger partial charge is 0.243 e. The first-order valence-corrected chi connectivity index (χ1v) is 7.57. The van der Waals surface area contributed by atoms with Gasteiger partial charge < -0.3 is 5.73 Å². The largest absolute Gasteiger partial charge is 0.369 e. The molecule has 0 spiro atoms. The number of carbonyl (C=O) groups excluding carboxylic acids is 1. The summed E-state index contributed by atoms with van der Waals surface area (Å²) in [6.45, 7) is 0. The average Bonchev–Trinajstić information content (AvgIpc) is 2.79. The lowest BCUT2D eigenvalue weighted by atomic mass is 10.0. The van der Waals surface area contributed by atoms with Gasteiger partial charge in [-0.05, 0) is 25.0 Å². The van der Waals surface area contributed by atoms with Crippen LogP contribution in [-0.4, -0.2) is 20.4 Å². The van der Waals surface area contributed by atoms with E-state index < -0.39 is 44.4 Å². The van der Waals surface area contributed by atoms with Crippen LogP contribution < -0.4 is 10.5 Å². The topological polar surface area (TPSA) is 89.3 Å². The third-order valence-corrected chi connectivity index (χ3v) is 4.90. The van der Waals surface area contributed by atoms with Gasteiger partial charge in [-0.2, -0.15) is 0 Å². The molecule has 1 fully saturated rings. The summed E-state index contributed by atoms with van der Waals surface area (Å²) in [4.78, 5) is 10.4. The van der Waals surface area contributed by atoms with Crippen LogP contribution in [0.25, 0.3) is 0 Å². The Hall–Kier alpha value is -1.54. The van der Waals surface area contributed by atoms with Gasteiger partial charge >= 0.3 is 0 Å². The number of nitrogens with two attached hydrogens (primary N) is 1. The Bertz CT molecular complexity index is 634. The number of hydrogen-bond donors (Lipinski definition) is 2. The van der Waals surface area contributed by atoms with Gasteiger partial charge in [0.25, 0.3) is 0 Å². The predicted octanol–water partition coefficient (Wildman–Crippen LogP) is 0.897. The minimum Gasteiger partial charge on any atom is -0.369 e. The Kier molecular flexibility index (Phi) is 4.05. The maximum atomic E-state index is 13.5. The first kappa shape index (κ1) is 14.9. The van der Waals surface area contributed by atoms with Gasteiger partial charge in [-0.1, -0.05) is 12.5 Å². The highest BCUT2D eigenvalue weighted by molar-refractivity contribution is 7.89. The predicted molar refractivity (Wildman–Crippen MR) is 67.0 cm³/mol. The van der Waals surface area contributed by atoms with Crippen LogP contribution in [-0.2, 0) is 14.8 Å². The van der Waals surface area contributed by atoms with Gasteiger partial charge in [0.1, 0.15) is 4.90 Å². The molecule has 110 valence electrons. The third-order valence-electron chi connectivity index (χ3n) is 3.39. The van der Waals surface area contributed by atoms with Crippen LogP contribution in [0.3, 0.4) is 0 Å². The molecule has 1 aliphatic rings. The molecule has 0 bridgehead atoms. The van der Waals surface area contributed by atoms with Gasteiger partial charge in [0, 0.05) is 6.04 Å². The molecule has 1 amide bonds. The molecule has 2 rings (SSSR count).